The number of aryl methyl sites for hydroxylation is 1. The molecule has 1 saturated heterocycles. The molecule has 2 heterocycles. The summed E-state index contributed by atoms with van der Waals surface area (Å²) >= 11 is 3.40. The number of primary amides is 1. The van der Waals surface area contributed by atoms with Crippen LogP contribution in [-0.2, 0) is 11.2 Å². The number of hydrogen-bond acceptors (Lipinski definition) is 4. The normalized spacial score (nSPS) is 16.9. The maximum Gasteiger partial charge on any atom is 0.220 e. The second-order valence-corrected chi connectivity index (χ2v) is 5.29. The van der Waals surface area contributed by atoms with Gasteiger partial charge < -0.3 is 10.6 Å². The predicted molar refractivity (Wildman–Crippen MR) is 73.2 cm³/mol. The minimum atomic E-state index is -0.187. The summed E-state index contributed by atoms with van der Waals surface area (Å²) in [6.45, 7) is 3.67. The van der Waals surface area contributed by atoms with Gasteiger partial charge in [-0.1, -0.05) is 6.92 Å². The summed E-state index contributed by atoms with van der Waals surface area (Å²) in [6, 6.07) is 1.92. The lowest BCUT2D eigenvalue weighted by Gasteiger charge is -2.31. The molecule has 5 nitrogen and oxygen atoms in total. The lowest BCUT2D eigenvalue weighted by atomic mass is 9.96. The van der Waals surface area contributed by atoms with Gasteiger partial charge in [0.1, 0.15) is 16.2 Å². The van der Waals surface area contributed by atoms with Crippen LogP contribution in [0.4, 0.5) is 5.82 Å². The maximum atomic E-state index is 11.1. The average molecular weight is 313 g/mol. The van der Waals surface area contributed by atoms with E-state index in [-0.39, 0.29) is 11.8 Å². The first kappa shape index (κ1) is 13.3. The number of amides is 1. The van der Waals surface area contributed by atoms with E-state index in [2.05, 4.69) is 30.8 Å². The Bertz CT molecular complexity index is 444. The smallest absolute Gasteiger partial charge is 0.220 e. The van der Waals surface area contributed by atoms with Crippen LogP contribution in [0.2, 0.25) is 0 Å². The Morgan fingerprint density at radius 2 is 2.17 bits per heavy atom. The third kappa shape index (κ3) is 2.98. The van der Waals surface area contributed by atoms with Crippen molar-refractivity contribution >= 4 is 27.7 Å². The Morgan fingerprint density at radius 3 is 2.72 bits per heavy atom. The number of carbonyl (C=O) groups is 1. The van der Waals surface area contributed by atoms with Crippen molar-refractivity contribution in [1.29, 1.82) is 0 Å². The fraction of sp³-hybridized carbons (Fsp3) is 0.583. The predicted octanol–water partition coefficient (Wildman–Crippen LogP) is 1.50. The largest absolute Gasteiger partial charge is 0.369 e. The zero-order valence-electron chi connectivity index (χ0n) is 10.4. The van der Waals surface area contributed by atoms with Crippen LogP contribution in [-0.4, -0.2) is 29.0 Å². The Balaban J connectivity index is 2.09. The molecule has 6 heteroatoms. The fourth-order valence-electron chi connectivity index (χ4n) is 2.16. The van der Waals surface area contributed by atoms with Crippen molar-refractivity contribution in [3.05, 3.63) is 16.5 Å². The fourth-order valence-corrected chi connectivity index (χ4v) is 2.57. The highest BCUT2D eigenvalue weighted by atomic mass is 79.9. The van der Waals surface area contributed by atoms with Gasteiger partial charge >= 0.3 is 0 Å². The molecule has 0 spiro atoms. The first-order valence-electron chi connectivity index (χ1n) is 6.18. The van der Waals surface area contributed by atoms with Gasteiger partial charge in [0.15, 0.2) is 0 Å². The highest BCUT2D eigenvalue weighted by molar-refractivity contribution is 9.10. The molecule has 1 amide bonds. The van der Waals surface area contributed by atoms with Crippen LogP contribution in [0.1, 0.15) is 25.6 Å². The first-order chi connectivity index (χ1) is 8.60. The Labute approximate surface area is 115 Å². The molecule has 1 aromatic rings. The van der Waals surface area contributed by atoms with Crippen molar-refractivity contribution < 1.29 is 4.79 Å². The zero-order valence-corrected chi connectivity index (χ0v) is 12.0. The number of anilines is 1. The van der Waals surface area contributed by atoms with E-state index >= 15 is 0 Å². The monoisotopic (exact) mass is 312 g/mol. The number of nitrogens with two attached hydrogens (primary N) is 1. The van der Waals surface area contributed by atoms with Crippen molar-refractivity contribution in [3.8, 4) is 0 Å². The topological polar surface area (TPSA) is 72.1 Å². The summed E-state index contributed by atoms with van der Waals surface area (Å²) in [7, 11) is 0. The van der Waals surface area contributed by atoms with Gasteiger partial charge in [-0.25, -0.2) is 9.97 Å². The molecular weight excluding hydrogens is 296 g/mol. The van der Waals surface area contributed by atoms with Crippen molar-refractivity contribution in [2.75, 3.05) is 18.0 Å². The summed E-state index contributed by atoms with van der Waals surface area (Å²) < 4.78 is 0.807. The molecule has 2 rings (SSSR count). The van der Waals surface area contributed by atoms with Crippen LogP contribution in [0, 0.1) is 5.92 Å². The summed E-state index contributed by atoms with van der Waals surface area (Å²) in [4.78, 5) is 22.1. The molecule has 0 bridgehead atoms. The van der Waals surface area contributed by atoms with Crippen LogP contribution in [0.25, 0.3) is 0 Å². The summed E-state index contributed by atoms with van der Waals surface area (Å²) in [5.74, 6) is 1.58. The van der Waals surface area contributed by atoms with Gasteiger partial charge in [-0.05, 0) is 28.8 Å². The van der Waals surface area contributed by atoms with Crippen molar-refractivity contribution in [2.24, 2.45) is 11.7 Å². The lowest BCUT2D eigenvalue weighted by molar-refractivity contribution is -0.122. The quantitative estimate of drug-likeness (QED) is 0.859. The molecule has 0 aliphatic carbocycles. The molecule has 98 valence electrons. The van der Waals surface area contributed by atoms with E-state index in [1.54, 1.807) is 0 Å². The van der Waals surface area contributed by atoms with E-state index in [1.165, 1.54) is 0 Å². The molecule has 18 heavy (non-hydrogen) atoms. The zero-order chi connectivity index (χ0) is 13.1. The molecule has 0 aromatic carbocycles. The third-order valence-corrected chi connectivity index (χ3v) is 3.67. The van der Waals surface area contributed by atoms with Gasteiger partial charge in [-0.2, -0.15) is 0 Å². The number of rotatable bonds is 3. The average Bonchev–Trinajstić information content (AvgIpc) is 2.38. The molecule has 0 unspecified atom stereocenters. The van der Waals surface area contributed by atoms with Crippen molar-refractivity contribution in [3.63, 3.8) is 0 Å². The van der Waals surface area contributed by atoms with E-state index < -0.39 is 0 Å². The van der Waals surface area contributed by atoms with E-state index in [1.807, 2.05) is 13.0 Å². The molecule has 1 aliphatic heterocycles. The molecule has 1 aromatic heterocycles. The summed E-state index contributed by atoms with van der Waals surface area (Å²) in [5, 5.41) is 0. The van der Waals surface area contributed by atoms with Crippen molar-refractivity contribution in [2.45, 2.75) is 26.2 Å². The molecule has 0 saturated carbocycles. The molecule has 0 atom stereocenters. The van der Waals surface area contributed by atoms with Crippen LogP contribution >= 0.6 is 15.9 Å². The van der Waals surface area contributed by atoms with E-state index in [4.69, 9.17) is 5.73 Å². The first-order valence-corrected chi connectivity index (χ1v) is 6.97. The molecule has 0 radical (unpaired) electrons. The maximum absolute atomic E-state index is 11.1. The number of nitrogens with zero attached hydrogens (tertiary/aromatic N) is 3. The van der Waals surface area contributed by atoms with Gasteiger partial charge in [-0.3, -0.25) is 4.79 Å². The van der Waals surface area contributed by atoms with Crippen LogP contribution in [0.5, 0.6) is 0 Å². The lowest BCUT2D eigenvalue weighted by Crippen LogP contribution is -2.39. The molecule has 1 fully saturated rings. The van der Waals surface area contributed by atoms with Crippen LogP contribution in [0.15, 0.2) is 10.7 Å². The van der Waals surface area contributed by atoms with Gasteiger partial charge in [0, 0.05) is 31.5 Å². The van der Waals surface area contributed by atoms with Gasteiger partial charge in [0.05, 0.1) is 0 Å². The molecule has 2 N–H and O–H groups in total. The molecular formula is C12H17BrN4O. The Hall–Kier alpha value is -1.17. The highest BCUT2D eigenvalue weighted by Crippen LogP contribution is 2.23. The number of carbonyl (C=O) groups excluding carboxylic acids is 1. The number of aromatic nitrogens is 2. The minimum absolute atomic E-state index is 0.0113. The van der Waals surface area contributed by atoms with Crippen molar-refractivity contribution in [1.82, 2.24) is 9.97 Å². The summed E-state index contributed by atoms with van der Waals surface area (Å²) in [6.07, 6.45) is 2.42. The standard InChI is InChI=1S/C12H17BrN4O/c1-2-10-15-9(13)7-11(16-10)17-5-3-8(4-6-17)12(14)18/h7-8H,2-6H2,1H3,(H2,14,18). The van der Waals surface area contributed by atoms with Gasteiger partial charge in [0.25, 0.3) is 0 Å². The van der Waals surface area contributed by atoms with Gasteiger partial charge in [-0.15, -0.1) is 0 Å². The summed E-state index contributed by atoms with van der Waals surface area (Å²) in [5.41, 5.74) is 5.33. The number of halogens is 1. The number of hydrogen-bond donors (Lipinski definition) is 1. The Kier molecular flexibility index (Phi) is 4.16. The third-order valence-electron chi connectivity index (χ3n) is 3.27. The van der Waals surface area contributed by atoms with Crippen LogP contribution in [0.3, 0.4) is 0 Å². The Morgan fingerprint density at radius 1 is 1.50 bits per heavy atom. The minimum Gasteiger partial charge on any atom is -0.369 e. The highest BCUT2D eigenvalue weighted by Gasteiger charge is 2.24. The molecule has 1 aliphatic rings. The SMILES string of the molecule is CCc1nc(Br)cc(N2CCC(C(N)=O)CC2)n1. The van der Waals surface area contributed by atoms with Gasteiger partial charge in [0.2, 0.25) is 5.91 Å². The van der Waals surface area contributed by atoms with E-state index in [9.17, 15) is 4.79 Å². The van der Waals surface area contributed by atoms with E-state index in [0.29, 0.717) is 0 Å². The second kappa shape index (κ2) is 5.65. The number of piperidine rings is 1. The van der Waals surface area contributed by atoms with E-state index in [0.717, 1.165) is 48.6 Å². The van der Waals surface area contributed by atoms with Crippen LogP contribution < -0.4 is 10.6 Å². The second-order valence-electron chi connectivity index (χ2n) is 4.48.